The summed E-state index contributed by atoms with van der Waals surface area (Å²) in [6.45, 7) is 2.10. The van der Waals surface area contributed by atoms with E-state index in [0.29, 0.717) is 17.3 Å². The molecule has 7 heteroatoms. The van der Waals surface area contributed by atoms with E-state index < -0.39 is 6.04 Å². The zero-order valence-electron chi connectivity index (χ0n) is 17.2. The Labute approximate surface area is 186 Å². The van der Waals surface area contributed by atoms with Crippen molar-refractivity contribution >= 4 is 23.4 Å². The molecule has 0 saturated heterocycles. The number of benzene rings is 2. The average Bonchev–Trinajstić information content (AvgIpc) is 2.81. The van der Waals surface area contributed by atoms with Crippen molar-refractivity contribution in [2.75, 3.05) is 6.61 Å². The van der Waals surface area contributed by atoms with Gasteiger partial charge in [-0.3, -0.25) is 14.6 Å². The summed E-state index contributed by atoms with van der Waals surface area (Å²) in [6.07, 6.45) is 3.36. The van der Waals surface area contributed by atoms with Crippen molar-refractivity contribution in [3.8, 4) is 5.75 Å². The molecule has 0 bridgehead atoms. The number of aromatic nitrogens is 1. The number of rotatable bonds is 9. The van der Waals surface area contributed by atoms with Crippen molar-refractivity contribution in [3.05, 3.63) is 95.3 Å². The van der Waals surface area contributed by atoms with Crippen molar-refractivity contribution < 1.29 is 14.3 Å². The van der Waals surface area contributed by atoms with Crippen molar-refractivity contribution in [3.63, 3.8) is 0 Å². The minimum absolute atomic E-state index is 0.225. The van der Waals surface area contributed by atoms with Gasteiger partial charge in [0.2, 0.25) is 5.91 Å². The second kappa shape index (κ2) is 11.1. The number of pyridine rings is 1. The molecule has 6 nitrogen and oxygen atoms in total. The number of carbonyl (C=O) groups excluding carboxylic acids is 2. The summed E-state index contributed by atoms with van der Waals surface area (Å²) < 4.78 is 5.61. The van der Waals surface area contributed by atoms with Gasteiger partial charge in [-0.25, -0.2) is 0 Å². The first-order valence-electron chi connectivity index (χ1n) is 9.92. The Kier molecular flexibility index (Phi) is 8.01. The van der Waals surface area contributed by atoms with Gasteiger partial charge in [-0.15, -0.1) is 0 Å². The van der Waals surface area contributed by atoms with E-state index in [9.17, 15) is 9.59 Å². The lowest BCUT2D eigenvalue weighted by atomic mass is 10.1. The average molecular weight is 438 g/mol. The van der Waals surface area contributed by atoms with Crippen LogP contribution >= 0.6 is 11.6 Å². The molecule has 1 atom stereocenters. The molecule has 1 heterocycles. The van der Waals surface area contributed by atoms with E-state index in [2.05, 4.69) is 10.3 Å². The third-order valence-electron chi connectivity index (χ3n) is 4.74. The van der Waals surface area contributed by atoms with Gasteiger partial charge in [0, 0.05) is 25.5 Å². The molecule has 3 aromatic rings. The lowest BCUT2D eigenvalue weighted by Crippen LogP contribution is -2.48. The first-order chi connectivity index (χ1) is 15.0. The van der Waals surface area contributed by atoms with Gasteiger partial charge in [0.05, 0.1) is 5.02 Å². The van der Waals surface area contributed by atoms with Gasteiger partial charge in [-0.2, -0.15) is 0 Å². The van der Waals surface area contributed by atoms with Crippen LogP contribution in [0.5, 0.6) is 5.75 Å². The first kappa shape index (κ1) is 22.3. The van der Waals surface area contributed by atoms with Crippen LogP contribution in [-0.4, -0.2) is 34.3 Å². The monoisotopic (exact) mass is 437 g/mol. The van der Waals surface area contributed by atoms with E-state index in [0.717, 1.165) is 11.1 Å². The zero-order valence-corrected chi connectivity index (χ0v) is 18.0. The van der Waals surface area contributed by atoms with Crippen LogP contribution < -0.4 is 10.1 Å². The third kappa shape index (κ3) is 6.55. The maximum absolute atomic E-state index is 13.0. The number of carbonyl (C=O) groups is 2. The fourth-order valence-corrected chi connectivity index (χ4v) is 3.18. The van der Waals surface area contributed by atoms with Crippen LogP contribution in [-0.2, 0) is 22.7 Å². The maximum atomic E-state index is 13.0. The van der Waals surface area contributed by atoms with Gasteiger partial charge < -0.3 is 15.0 Å². The minimum Gasteiger partial charge on any atom is -0.482 e. The predicted octanol–water partition coefficient (Wildman–Crippen LogP) is 3.85. The number of amides is 2. The summed E-state index contributed by atoms with van der Waals surface area (Å²) in [5, 5.41) is 3.29. The van der Waals surface area contributed by atoms with E-state index in [4.69, 9.17) is 16.3 Å². The van der Waals surface area contributed by atoms with Crippen LogP contribution in [0.15, 0.2) is 79.1 Å². The Balaban J connectivity index is 1.69. The summed E-state index contributed by atoms with van der Waals surface area (Å²) in [7, 11) is 0. The Morgan fingerprint density at radius 3 is 2.45 bits per heavy atom. The molecule has 3 rings (SSSR count). The molecule has 1 aromatic heterocycles. The fourth-order valence-electron chi connectivity index (χ4n) is 2.99. The molecule has 0 aliphatic rings. The summed E-state index contributed by atoms with van der Waals surface area (Å²) >= 11 is 6.11. The quantitative estimate of drug-likeness (QED) is 0.552. The van der Waals surface area contributed by atoms with E-state index in [1.54, 1.807) is 43.6 Å². The van der Waals surface area contributed by atoms with Crippen molar-refractivity contribution in [2.45, 2.75) is 26.1 Å². The molecule has 1 unspecified atom stereocenters. The third-order valence-corrected chi connectivity index (χ3v) is 5.05. The highest BCUT2D eigenvalue weighted by atomic mass is 35.5. The molecule has 0 aliphatic heterocycles. The van der Waals surface area contributed by atoms with Gasteiger partial charge in [-0.1, -0.05) is 60.1 Å². The molecule has 0 saturated carbocycles. The van der Waals surface area contributed by atoms with E-state index >= 15 is 0 Å². The second-order valence-corrected chi connectivity index (χ2v) is 7.39. The van der Waals surface area contributed by atoms with Gasteiger partial charge in [-0.05, 0) is 36.2 Å². The van der Waals surface area contributed by atoms with Gasteiger partial charge in [0.1, 0.15) is 11.8 Å². The number of hydrogen-bond donors (Lipinski definition) is 1. The highest BCUT2D eigenvalue weighted by Crippen LogP contribution is 2.23. The van der Waals surface area contributed by atoms with E-state index in [1.165, 1.54) is 4.90 Å². The molecule has 160 valence electrons. The molecule has 31 heavy (non-hydrogen) atoms. The molecule has 1 N–H and O–H groups in total. The van der Waals surface area contributed by atoms with Crippen LogP contribution in [0, 0.1) is 0 Å². The van der Waals surface area contributed by atoms with Gasteiger partial charge in [0.25, 0.3) is 5.91 Å². The summed E-state index contributed by atoms with van der Waals surface area (Å²) in [5.74, 6) is -0.149. The Morgan fingerprint density at radius 1 is 1.03 bits per heavy atom. The van der Waals surface area contributed by atoms with Crippen molar-refractivity contribution in [1.29, 1.82) is 0 Å². The number of nitrogens with one attached hydrogen (secondary N) is 1. The lowest BCUT2D eigenvalue weighted by Gasteiger charge is -2.28. The number of hydrogen-bond acceptors (Lipinski definition) is 4. The highest BCUT2D eigenvalue weighted by molar-refractivity contribution is 6.32. The molecule has 2 aromatic carbocycles. The highest BCUT2D eigenvalue weighted by Gasteiger charge is 2.26. The largest absolute Gasteiger partial charge is 0.482 e. The van der Waals surface area contributed by atoms with Crippen molar-refractivity contribution in [1.82, 2.24) is 15.2 Å². The molecule has 0 radical (unpaired) electrons. The number of halogens is 1. The summed E-state index contributed by atoms with van der Waals surface area (Å²) in [5.41, 5.74) is 1.80. The van der Waals surface area contributed by atoms with E-state index in [-0.39, 0.29) is 25.0 Å². The molecule has 0 aliphatic carbocycles. The lowest BCUT2D eigenvalue weighted by molar-refractivity contribution is -0.142. The topological polar surface area (TPSA) is 71.5 Å². The summed E-state index contributed by atoms with van der Waals surface area (Å²) in [6, 6.07) is 19.5. The zero-order chi connectivity index (χ0) is 22.1. The molecule has 0 spiro atoms. The fraction of sp³-hybridized carbons (Fsp3) is 0.208. The number of ether oxygens (including phenoxy) is 1. The SMILES string of the molecule is CC(C(=O)NCc1cccnc1)N(Cc1ccccc1)C(=O)COc1ccccc1Cl. The Morgan fingerprint density at radius 2 is 1.74 bits per heavy atom. The first-order valence-corrected chi connectivity index (χ1v) is 10.3. The molecule has 0 fully saturated rings. The van der Waals surface area contributed by atoms with Crippen molar-refractivity contribution in [2.24, 2.45) is 0 Å². The number of para-hydroxylation sites is 1. The van der Waals surface area contributed by atoms with Crippen LogP contribution in [0.4, 0.5) is 0 Å². The summed E-state index contributed by atoms with van der Waals surface area (Å²) in [4.78, 5) is 31.4. The van der Waals surface area contributed by atoms with Crippen LogP contribution in [0.1, 0.15) is 18.1 Å². The Hall–Kier alpha value is -3.38. The Bertz CT molecular complexity index is 999. The molecular weight excluding hydrogens is 414 g/mol. The van der Waals surface area contributed by atoms with Crippen LogP contribution in [0.2, 0.25) is 5.02 Å². The molecular formula is C24H24ClN3O3. The van der Waals surface area contributed by atoms with E-state index in [1.807, 2.05) is 42.5 Å². The van der Waals surface area contributed by atoms with Crippen LogP contribution in [0.3, 0.4) is 0 Å². The minimum atomic E-state index is -0.695. The number of nitrogens with zero attached hydrogens (tertiary/aromatic N) is 2. The second-order valence-electron chi connectivity index (χ2n) is 6.98. The van der Waals surface area contributed by atoms with Gasteiger partial charge in [0.15, 0.2) is 6.61 Å². The predicted molar refractivity (Wildman–Crippen MR) is 119 cm³/mol. The molecule has 2 amide bonds. The standard InChI is InChI=1S/C24H24ClN3O3/c1-18(24(30)27-15-20-10-7-13-26-14-20)28(16-19-8-3-2-4-9-19)23(29)17-31-22-12-6-5-11-21(22)25/h2-14,18H,15-17H2,1H3,(H,27,30). The van der Waals surface area contributed by atoms with Crippen LogP contribution in [0.25, 0.3) is 0 Å². The van der Waals surface area contributed by atoms with Gasteiger partial charge >= 0.3 is 0 Å². The maximum Gasteiger partial charge on any atom is 0.261 e. The smallest absolute Gasteiger partial charge is 0.261 e. The normalized spacial score (nSPS) is 11.4.